The molecule has 3 rings (SSSR count). The van der Waals surface area contributed by atoms with E-state index in [1.54, 1.807) is 0 Å². The summed E-state index contributed by atoms with van der Waals surface area (Å²) in [6.07, 6.45) is 5.00. The second-order valence-electron chi connectivity index (χ2n) is 6.68. The number of amides is 1. The molecule has 0 heterocycles. The van der Waals surface area contributed by atoms with Crippen molar-refractivity contribution in [3.63, 3.8) is 0 Å². The SMILES string of the molecule is O=C(O)C[C@H](NC(=O)CC1CCCC1)c1ccc2ccccc2c1. The van der Waals surface area contributed by atoms with Crippen LogP contribution in [0.25, 0.3) is 10.8 Å². The van der Waals surface area contributed by atoms with Gasteiger partial charge >= 0.3 is 5.97 Å². The summed E-state index contributed by atoms with van der Waals surface area (Å²) in [5.74, 6) is -0.497. The van der Waals surface area contributed by atoms with E-state index in [0.717, 1.165) is 29.2 Å². The molecule has 0 radical (unpaired) electrons. The number of benzene rings is 2. The van der Waals surface area contributed by atoms with E-state index in [2.05, 4.69) is 5.32 Å². The Bertz CT molecular complexity index is 734. The van der Waals surface area contributed by atoms with Crippen molar-refractivity contribution in [1.82, 2.24) is 5.32 Å². The van der Waals surface area contributed by atoms with Crippen molar-refractivity contribution in [2.45, 2.75) is 44.6 Å². The van der Waals surface area contributed by atoms with Crippen molar-refractivity contribution in [1.29, 1.82) is 0 Å². The lowest BCUT2D eigenvalue weighted by atomic mass is 9.98. The average molecular weight is 325 g/mol. The number of hydrogen-bond acceptors (Lipinski definition) is 2. The fourth-order valence-electron chi connectivity index (χ4n) is 3.58. The Morgan fingerprint density at radius 3 is 2.50 bits per heavy atom. The summed E-state index contributed by atoms with van der Waals surface area (Å²) in [6.45, 7) is 0. The van der Waals surface area contributed by atoms with Crippen molar-refractivity contribution < 1.29 is 14.7 Å². The number of rotatable bonds is 6. The van der Waals surface area contributed by atoms with Gasteiger partial charge in [-0.3, -0.25) is 9.59 Å². The van der Waals surface area contributed by atoms with Crippen LogP contribution in [-0.4, -0.2) is 17.0 Å². The van der Waals surface area contributed by atoms with Crippen LogP contribution in [0, 0.1) is 5.92 Å². The molecule has 1 amide bonds. The average Bonchev–Trinajstić information content (AvgIpc) is 3.06. The van der Waals surface area contributed by atoms with Crippen LogP contribution in [0.2, 0.25) is 0 Å². The van der Waals surface area contributed by atoms with Crippen LogP contribution in [0.15, 0.2) is 42.5 Å². The van der Waals surface area contributed by atoms with Gasteiger partial charge in [0.05, 0.1) is 12.5 Å². The van der Waals surface area contributed by atoms with Gasteiger partial charge in [0, 0.05) is 6.42 Å². The molecular formula is C20H23NO3. The van der Waals surface area contributed by atoms with Gasteiger partial charge in [0.25, 0.3) is 0 Å². The van der Waals surface area contributed by atoms with Gasteiger partial charge in [-0.2, -0.15) is 0 Å². The molecule has 2 aromatic rings. The molecule has 0 saturated heterocycles. The Kier molecular flexibility index (Phi) is 5.14. The maximum absolute atomic E-state index is 12.3. The summed E-state index contributed by atoms with van der Waals surface area (Å²) in [5, 5.41) is 14.3. The van der Waals surface area contributed by atoms with Crippen LogP contribution in [-0.2, 0) is 9.59 Å². The number of nitrogens with one attached hydrogen (secondary N) is 1. The molecule has 0 spiro atoms. The zero-order valence-electron chi connectivity index (χ0n) is 13.7. The number of hydrogen-bond donors (Lipinski definition) is 2. The minimum Gasteiger partial charge on any atom is -0.481 e. The fourth-order valence-corrected chi connectivity index (χ4v) is 3.58. The number of aliphatic carboxylic acids is 1. The monoisotopic (exact) mass is 325 g/mol. The van der Waals surface area contributed by atoms with Crippen LogP contribution in [0.4, 0.5) is 0 Å². The van der Waals surface area contributed by atoms with Crippen LogP contribution in [0.5, 0.6) is 0 Å². The third-order valence-corrected chi connectivity index (χ3v) is 4.84. The van der Waals surface area contributed by atoms with Gasteiger partial charge in [-0.25, -0.2) is 0 Å². The summed E-state index contributed by atoms with van der Waals surface area (Å²) in [7, 11) is 0. The molecule has 4 heteroatoms. The maximum Gasteiger partial charge on any atom is 0.305 e. The summed E-state index contributed by atoms with van der Waals surface area (Å²) >= 11 is 0. The van der Waals surface area contributed by atoms with Crippen molar-refractivity contribution in [3.8, 4) is 0 Å². The van der Waals surface area contributed by atoms with Crippen LogP contribution in [0.3, 0.4) is 0 Å². The van der Waals surface area contributed by atoms with Crippen molar-refractivity contribution in [3.05, 3.63) is 48.0 Å². The van der Waals surface area contributed by atoms with E-state index in [0.29, 0.717) is 12.3 Å². The maximum atomic E-state index is 12.3. The Balaban J connectivity index is 1.76. The van der Waals surface area contributed by atoms with Crippen molar-refractivity contribution in [2.24, 2.45) is 5.92 Å². The zero-order valence-corrected chi connectivity index (χ0v) is 13.7. The molecule has 0 bridgehead atoms. The topological polar surface area (TPSA) is 66.4 Å². The number of carbonyl (C=O) groups is 2. The first-order chi connectivity index (χ1) is 11.6. The van der Waals surface area contributed by atoms with Gasteiger partial charge in [-0.1, -0.05) is 49.2 Å². The summed E-state index contributed by atoms with van der Waals surface area (Å²) < 4.78 is 0. The highest BCUT2D eigenvalue weighted by molar-refractivity contribution is 5.84. The molecule has 4 nitrogen and oxygen atoms in total. The second kappa shape index (κ2) is 7.47. The number of fused-ring (bicyclic) bond motifs is 1. The molecule has 126 valence electrons. The Hall–Kier alpha value is -2.36. The lowest BCUT2D eigenvalue weighted by Crippen LogP contribution is -2.31. The van der Waals surface area contributed by atoms with E-state index in [9.17, 15) is 14.7 Å². The highest BCUT2D eigenvalue weighted by Gasteiger charge is 2.22. The highest BCUT2D eigenvalue weighted by atomic mass is 16.4. The van der Waals surface area contributed by atoms with Crippen molar-refractivity contribution in [2.75, 3.05) is 0 Å². The van der Waals surface area contributed by atoms with E-state index < -0.39 is 12.0 Å². The van der Waals surface area contributed by atoms with Gasteiger partial charge in [0.15, 0.2) is 0 Å². The van der Waals surface area contributed by atoms with E-state index in [1.807, 2.05) is 42.5 Å². The molecule has 0 unspecified atom stereocenters. The standard InChI is InChI=1S/C20H23NO3/c22-19(11-14-5-1-2-6-14)21-18(13-20(23)24)17-10-9-15-7-3-4-8-16(15)12-17/h3-4,7-10,12,14,18H,1-2,5-6,11,13H2,(H,21,22)(H,23,24)/t18-/m0/s1. The Morgan fingerprint density at radius 2 is 1.79 bits per heavy atom. The smallest absolute Gasteiger partial charge is 0.305 e. The van der Waals surface area contributed by atoms with Crippen LogP contribution >= 0.6 is 0 Å². The zero-order chi connectivity index (χ0) is 16.9. The van der Waals surface area contributed by atoms with Gasteiger partial charge < -0.3 is 10.4 Å². The third kappa shape index (κ3) is 4.13. The molecule has 1 aliphatic rings. The lowest BCUT2D eigenvalue weighted by Gasteiger charge is -2.19. The first-order valence-electron chi connectivity index (χ1n) is 8.61. The summed E-state index contributed by atoms with van der Waals surface area (Å²) in [6, 6.07) is 13.3. The van der Waals surface area contributed by atoms with E-state index in [-0.39, 0.29) is 12.3 Å². The molecule has 0 aromatic heterocycles. The van der Waals surface area contributed by atoms with Gasteiger partial charge in [-0.15, -0.1) is 0 Å². The fraction of sp³-hybridized carbons (Fsp3) is 0.400. The second-order valence-corrected chi connectivity index (χ2v) is 6.68. The first-order valence-corrected chi connectivity index (χ1v) is 8.61. The van der Waals surface area contributed by atoms with Gasteiger partial charge in [0.1, 0.15) is 0 Å². The molecule has 0 aliphatic heterocycles. The van der Waals surface area contributed by atoms with Crippen LogP contribution < -0.4 is 5.32 Å². The first kappa shape index (κ1) is 16.5. The molecule has 1 fully saturated rings. The number of carboxylic acids is 1. The quantitative estimate of drug-likeness (QED) is 0.842. The largest absolute Gasteiger partial charge is 0.481 e. The Morgan fingerprint density at radius 1 is 1.08 bits per heavy atom. The van der Waals surface area contributed by atoms with E-state index in [4.69, 9.17) is 0 Å². The van der Waals surface area contributed by atoms with E-state index in [1.165, 1.54) is 12.8 Å². The number of carbonyl (C=O) groups excluding carboxylic acids is 1. The van der Waals surface area contributed by atoms with Crippen molar-refractivity contribution >= 4 is 22.6 Å². The minimum absolute atomic E-state index is 0.0405. The normalized spacial score (nSPS) is 16.2. The molecule has 2 N–H and O–H groups in total. The molecular weight excluding hydrogens is 302 g/mol. The minimum atomic E-state index is -0.908. The van der Waals surface area contributed by atoms with Crippen LogP contribution in [0.1, 0.15) is 50.1 Å². The molecule has 2 aromatic carbocycles. The molecule has 1 atom stereocenters. The predicted octanol–water partition coefficient (Wildman–Crippen LogP) is 4.05. The lowest BCUT2D eigenvalue weighted by molar-refractivity contribution is -0.137. The molecule has 1 aliphatic carbocycles. The molecule has 1 saturated carbocycles. The van der Waals surface area contributed by atoms with Gasteiger partial charge in [-0.05, 0) is 41.2 Å². The summed E-state index contributed by atoms with van der Waals surface area (Å²) in [4.78, 5) is 23.5. The number of carboxylic acid groups (broad SMARTS) is 1. The van der Waals surface area contributed by atoms with Gasteiger partial charge in [0.2, 0.25) is 5.91 Å². The Labute approximate surface area is 141 Å². The third-order valence-electron chi connectivity index (χ3n) is 4.84. The predicted molar refractivity (Wildman–Crippen MR) is 93.7 cm³/mol. The molecule has 24 heavy (non-hydrogen) atoms. The summed E-state index contributed by atoms with van der Waals surface area (Å²) in [5.41, 5.74) is 0.843. The van der Waals surface area contributed by atoms with E-state index >= 15 is 0 Å². The highest BCUT2D eigenvalue weighted by Crippen LogP contribution is 2.28.